The SMILES string of the molecule is CC(C)C(N)C(=O)N1CCC[C@H](C)C1.Cl. The van der Waals surface area contributed by atoms with Gasteiger partial charge in [0.1, 0.15) is 0 Å². The van der Waals surface area contributed by atoms with Gasteiger partial charge in [-0.25, -0.2) is 0 Å². The molecule has 1 fully saturated rings. The van der Waals surface area contributed by atoms with Gasteiger partial charge in [0.15, 0.2) is 0 Å². The molecule has 0 aromatic rings. The summed E-state index contributed by atoms with van der Waals surface area (Å²) in [7, 11) is 0. The number of piperidine rings is 1. The lowest BCUT2D eigenvalue weighted by atomic mass is 9.97. The Bertz CT molecular complexity index is 209. The fraction of sp³-hybridized carbons (Fsp3) is 0.909. The highest BCUT2D eigenvalue weighted by Gasteiger charge is 2.26. The molecule has 1 aliphatic rings. The van der Waals surface area contributed by atoms with Crippen LogP contribution in [-0.4, -0.2) is 29.9 Å². The first-order valence-corrected chi connectivity index (χ1v) is 5.56. The van der Waals surface area contributed by atoms with E-state index in [-0.39, 0.29) is 30.3 Å². The van der Waals surface area contributed by atoms with Crippen LogP contribution in [0.25, 0.3) is 0 Å². The van der Waals surface area contributed by atoms with Crippen molar-refractivity contribution < 1.29 is 4.79 Å². The van der Waals surface area contributed by atoms with Gasteiger partial charge in [-0.2, -0.15) is 0 Å². The Labute approximate surface area is 98.8 Å². The number of amides is 1. The lowest BCUT2D eigenvalue weighted by Crippen LogP contribution is -2.49. The van der Waals surface area contributed by atoms with E-state index >= 15 is 0 Å². The Morgan fingerprint density at radius 1 is 1.47 bits per heavy atom. The van der Waals surface area contributed by atoms with E-state index in [4.69, 9.17) is 5.73 Å². The van der Waals surface area contributed by atoms with Crippen molar-refractivity contribution >= 4 is 18.3 Å². The minimum atomic E-state index is -0.319. The molecule has 0 saturated carbocycles. The van der Waals surface area contributed by atoms with Crippen LogP contribution >= 0.6 is 12.4 Å². The summed E-state index contributed by atoms with van der Waals surface area (Å²) in [6, 6.07) is -0.319. The number of hydrogen-bond donors (Lipinski definition) is 1. The van der Waals surface area contributed by atoms with E-state index in [1.165, 1.54) is 6.42 Å². The third kappa shape index (κ3) is 3.99. The Morgan fingerprint density at radius 3 is 2.53 bits per heavy atom. The summed E-state index contributed by atoms with van der Waals surface area (Å²) in [5, 5.41) is 0. The highest BCUT2D eigenvalue weighted by molar-refractivity contribution is 5.85. The maximum absolute atomic E-state index is 11.9. The number of likely N-dealkylation sites (tertiary alicyclic amines) is 1. The number of carbonyl (C=O) groups is 1. The molecule has 1 rings (SSSR count). The Hall–Kier alpha value is -0.280. The molecule has 2 N–H and O–H groups in total. The topological polar surface area (TPSA) is 46.3 Å². The molecule has 1 heterocycles. The van der Waals surface area contributed by atoms with Crippen molar-refractivity contribution in [2.24, 2.45) is 17.6 Å². The molecule has 0 bridgehead atoms. The van der Waals surface area contributed by atoms with E-state index < -0.39 is 0 Å². The predicted molar refractivity (Wildman–Crippen MR) is 65.0 cm³/mol. The summed E-state index contributed by atoms with van der Waals surface area (Å²) in [5.41, 5.74) is 5.85. The van der Waals surface area contributed by atoms with Crippen LogP contribution in [0, 0.1) is 11.8 Å². The van der Waals surface area contributed by atoms with Gasteiger partial charge in [-0.3, -0.25) is 4.79 Å². The maximum atomic E-state index is 11.9. The van der Waals surface area contributed by atoms with Gasteiger partial charge < -0.3 is 10.6 Å². The zero-order chi connectivity index (χ0) is 10.7. The lowest BCUT2D eigenvalue weighted by Gasteiger charge is -2.33. The molecule has 90 valence electrons. The van der Waals surface area contributed by atoms with Crippen LogP contribution in [0.1, 0.15) is 33.6 Å². The summed E-state index contributed by atoms with van der Waals surface area (Å²) in [5.74, 6) is 0.998. The van der Waals surface area contributed by atoms with Crippen LogP contribution in [-0.2, 0) is 4.79 Å². The Morgan fingerprint density at radius 2 is 2.07 bits per heavy atom. The van der Waals surface area contributed by atoms with Gasteiger partial charge in [-0.05, 0) is 24.7 Å². The maximum Gasteiger partial charge on any atom is 0.239 e. The van der Waals surface area contributed by atoms with Crippen LogP contribution in [0.3, 0.4) is 0 Å². The van der Waals surface area contributed by atoms with Crippen molar-refractivity contribution in [2.75, 3.05) is 13.1 Å². The van der Waals surface area contributed by atoms with Gasteiger partial charge in [0.2, 0.25) is 5.91 Å². The van der Waals surface area contributed by atoms with Crippen molar-refractivity contribution in [3.05, 3.63) is 0 Å². The normalized spacial score (nSPS) is 23.5. The molecule has 15 heavy (non-hydrogen) atoms. The van der Waals surface area contributed by atoms with Crippen molar-refractivity contribution in [1.29, 1.82) is 0 Å². The van der Waals surface area contributed by atoms with Crippen molar-refractivity contribution in [3.63, 3.8) is 0 Å². The monoisotopic (exact) mass is 234 g/mol. The largest absolute Gasteiger partial charge is 0.341 e. The highest BCUT2D eigenvalue weighted by Crippen LogP contribution is 2.17. The summed E-state index contributed by atoms with van der Waals surface area (Å²) >= 11 is 0. The quantitative estimate of drug-likeness (QED) is 0.790. The molecule has 0 spiro atoms. The predicted octanol–water partition coefficient (Wildman–Crippen LogP) is 1.65. The Kier molecular flexibility index (Phi) is 6.22. The molecule has 1 saturated heterocycles. The van der Waals surface area contributed by atoms with Gasteiger partial charge in [-0.1, -0.05) is 20.8 Å². The molecular weight excluding hydrogens is 212 g/mol. The molecule has 0 aromatic heterocycles. The minimum Gasteiger partial charge on any atom is -0.341 e. The molecule has 0 aliphatic carbocycles. The molecule has 3 nitrogen and oxygen atoms in total. The van der Waals surface area contributed by atoms with Crippen molar-refractivity contribution in [1.82, 2.24) is 4.90 Å². The zero-order valence-electron chi connectivity index (χ0n) is 9.90. The second-order valence-corrected chi connectivity index (χ2v) is 4.80. The van der Waals surface area contributed by atoms with Crippen LogP contribution in [0.2, 0.25) is 0 Å². The van der Waals surface area contributed by atoms with E-state index in [9.17, 15) is 4.79 Å². The second kappa shape index (κ2) is 6.33. The van der Waals surface area contributed by atoms with E-state index in [1.54, 1.807) is 0 Å². The van der Waals surface area contributed by atoms with E-state index in [2.05, 4.69) is 6.92 Å². The van der Waals surface area contributed by atoms with Crippen LogP contribution in [0.4, 0.5) is 0 Å². The van der Waals surface area contributed by atoms with Gasteiger partial charge >= 0.3 is 0 Å². The molecule has 1 aliphatic heterocycles. The average Bonchev–Trinajstić information content (AvgIpc) is 2.15. The zero-order valence-corrected chi connectivity index (χ0v) is 10.7. The third-order valence-corrected chi connectivity index (χ3v) is 2.97. The summed E-state index contributed by atoms with van der Waals surface area (Å²) < 4.78 is 0. The summed E-state index contributed by atoms with van der Waals surface area (Å²) in [6.07, 6.45) is 2.36. The van der Waals surface area contributed by atoms with Crippen LogP contribution in [0.5, 0.6) is 0 Å². The van der Waals surface area contributed by atoms with Gasteiger partial charge in [-0.15, -0.1) is 12.4 Å². The number of nitrogens with zero attached hydrogens (tertiary/aromatic N) is 1. The van der Waals surface area contributed by atoms with Crippen molar-refractivity contribution in [3.8, 4) is 0 Å². The standard InChI is InChI=1S/C11H22N2O.ClH/c1-8(2)10(12)11(14)13-6-4-5-9(3)7-13;/h8-10H,4-7,12H2,1-3H3;1H/t9-,10?;/m0./s1. The molecule has 1 amide bonds. The van der Waals surface area contributed by atoms with E-state index in [1.807, 2.05) is 18.7 Å². The first kappa shape index (κ1) is 14.7. The van der Waals surface area contributed by atoms with Crippen LogP contribution in [0.15, 0.2) is 0 Å². The molecule has 1 unspecified atom stereocenters. The van der Waals surface area contributed by atoms with Gasteiger partial charge in [0.25, 0.3) is 0 Å². The molecule has 0 aromatic carbocycles. The fourth-order valence-corrected chi connectivity index (χ4v) is 1.89. The molecular formula is C11H23ClN2O. The number of halogens is 1. The average molecular weight is 235 g/mol. The van der Waals surface area contributed by atoms with Crippen molar-refractivity contribution in [2.45, 2.75) is 39.7 Å². The summed E-state index contributed by atoms with van der Waals surface area (Å²) in [6.45, 7) is 7.97. The molecule has 4 heteroatoms. The van der Waals surface area contributed by atoms with E-state index in [0.717, 1.165) is 19.5 Å². The fourth-order valence-electron chi connectivity index (χ4n) is 1.89. The third-order valence-electron chi connectivity index (χ3n) is 2.97. The first-order chi connectivity index (χ1) is 6.52. The van der Waals surface area contributed by atoms with Crippen LogP contribution < -0.4 is 5.73 Å². The Balaban J connectivity index is 0.00000196. The number of carbonyl (C=O) groups excluding carboxylic acids is 1. The number of hydrogen-bond acceptors (Lipinski definition) is 2. The number of rotatable bonds is 2. The smallest absolute Gasteiger partial charge is 0.239 e. The minimum absolute atomic E-state index is 0. The first-order valence-electron chi connectivity index (χ1n) is 5.56. The van der Waals surface area contributed by atoms with Gasteiger partial charge in [0, 0.05) is 13.1 Å². The van der Waals surface area contributed by atoms with Gasteiger partial charge in [0.05, 0.1) is 6.04 Å². The summed E-state index contributed by atoms with van der Waals surface area (Å²) in [4.78, 5) is 13.8. The highest BCUT2D eigenvalue weighted by atomic mass is 35.5. The molecule has 2 atom stereocenters. The van der Waals surface area contributed by atoms with E-state index in [0.29, 0.717) is 5.92 Å². The number of nitrogens with two attached hydrogens (primary N) is 1. The molecule has 0 radical (unpaired) electrons. The lowest BCUT2D eigenvalue weighted by molar-refractivity contribution is -0.135. The second-order valence-electron chi connectivity index (χ2n) is 4.80.